The maximum absolute atomic E-state index is 12.8. The number of rotatable bonds is 14. The van der Waals surface area contributed by atoms with E-state index in [2.05, 4.69) is 0 Å². The Balaban J connectivity index is 1.69. The van der Waals surface area contributed by atoms with Gasteiger partial charge in [-0.3, -0.25) is 19.7 Å². The minimum atomic E-state index is -1.62. The highest BCUT2D eigenvalue weighted by molar-refractivity contribution is 5.98. The molecule has 0 aromatic heterocycles. The average molecular weight is 578 g/mol. The zero-order valence-electron chi connectivity index (χ0n) is 23.6. The van der Waals surface area contributed by atoms with Gasteiger partial charge in [0.25, 0.3) is 6.04 Å². The number of hydrogen-bond donors (Lipinski definition) is 0. The maximum Gasteiger partial charge on any atom is 0.319 e. The first-order valence-electron chi connectivity index (χ1n) is 13.7. The van der Waals surface area contributed by atoms with Crippen molar-refractivity contribution in [3.05, 3.63) is 118 Å². The number of carbonyl (C=O) groups excluding carboxylic acids is 2. The van der Waals surface area contributed by atoms with Gasteiger partial charge in [-0.2, -0.15) is 0 Å². The Hall–Kier alpha value is -3.96. The van der Waals surface area contributed by atoms with Gasteiger partial charge in [-0.1, -0.05) is 91.0 Å². The lowest BCUT2D eigenvalue weighted by Gasteiger charge is -2.43. The fourth-order valence-electron chi connectivity index (χ4n) is 5.06. The number of carbonyl (C=O) groups is 2. The molecular formula is C32H35NO9. The van der Waals surface area contributed by atoms with Crippen LogP contribution in [-0.4, -0.2) is 60.9 Å². The maximum atomic E-state index is 12.8. The molecule has 42 heavy (non-hydrogen) atoms. The molecular weight excluding hydrogens is 542 g/mol. The summed E-state index contributed by atoms with van der Waals surface area (Å²) < 4.78 is 29.6. The van der Waals surface area contributed by atoms with Crippen LogP contribution in [0.1, 0.15) is 23.6 Å². The van der Waals surface area contributed by atoms with Gasteiger partial charge in [0.1, 0.15) is 30.0 Å². The van der Waals surface area contributed by atoms with Crippen LogP contribution in [0.5, 0.6) is 0 Å². The van der Waals surface area contributed by atoms with Crippen LogP contribution in [0, 0.1) is 16.0 Å². The molecule has 1 aliphatic rings. The lowest BCUT2D eigenvalue weighted by molar-refractivity contribution is -0.562. The van der Waals surface area contributed by atoms with E-state index in [0.717, 1.165) is 23.8 Å². The molecule has 3 aromatic rings. The fourth-order valence-corrected chi connectivity index (χ4v) is 5.06. The first-order chi connectivity index (χ1) is 20.4. The predicted molar refractivity (Wildman–Crippen MR) is 152 cm³/mol. The van der Waals surface area contributed by atoms with Crippen LogP contribution in [0.25, 0.3) is 0 Å². The number of esters is 1. The largest absolute Gasteiger partial charge is 0.468 e. The predicted octanol–water partition coefficient (Wildman–Crippen LogP) is 4.16. The zero-order chi connectivity index (χ0) is 29.9. The molecule has 0 radical (unpaired) electrons. The Morgan fingerprint density at radius 1 is 0.810 bits per heavy atom. The van der Waals surface area contributed by atoms with Crippen molar-refractivity contribution in [2.45, 2.75) is 57.2 Å². The monoisotopic (exact) mass is 577 g/mol. The molecule has 0 bridgehead atoms. The van der Waals surface area contributed by atoms with Crippen LogP contribution in [-0.2, 0) is 53.1 Å². The summed E-state index contributed by atoms with van der Waals surface area (Å²) in [6, 6.07) is 26.4. The van der Waals surface area contributed by atoms with Crippen LogP contribution < -0.4 is 0 Å². The van der Waals surface area contributed by atoms with Gasteiger partial charge in [0.2, 0.25) is 0 Å². The van der Waals surface area contributed by atoms with Crippen molar-refractivity contribution in [2.24, 2.45) is 5.92 Å². The second kappa shape index (κ2) is 15.3. The molecule has 0 saturated carbocycles. The summed E-state index contributed by atoms with van der Waals surface area (Å²) in [5, 5.41) is 12.6. The molecule has 1 fully saturated rings. The Labute approximate surface area is 244 Å². The van der Waals surface area contributed by atoms with Crippen molar-refractivity contribution < 1.29 is 38.2 Å². The molecule has 0 amide bonds. The molecule has 10 heteroatoms. The molecule has 222 valence electrons. The number of nitro groups is 1. The van der Waals surface area contributed by atoms with Gasteiger partial charge in [-0.15, -0.1) is 0 Å². The second-order valence-corrected chi connectivity index (χ2v) is 10.0. The lowest BCUT2D eigenvalue weighted by atomic mass is 9.84. The van der Waals surface area contributed by atoms with Crippen LogP contribution >= 0.6 is 0 Å². The molecule has 1 heterocycles. The van der Waals surface area contributed by atoms with Crippen LogP contribution in [0.15, 0.2) is 91.0 Å². The fraction of sp³-hybridized carbons (Fsp3) is 0.375. The van der Waals surface area contributed by atoms with Crippen molar-refractivity contribution in [2.75, 3.05) is 13.7 Å². The number of ether oxygens (including phenoxy) is 5. The number of benzene rings is 3. The second-order valence-electron chi connectivity index (χ2n) is 10.0. The zero-order valence-corrected chi connectivity index (χ0v) is 23.6. The molecule has 1 saturated heterocycles. The number of Topliss-reactive ketones (excluding diaryl/α,β-unsaturated/α-hetero) is 1. The van der Waals surface area contributed by atoms with Crippen molar-refractivity contribution >= 4 is 11.8 Å². The minimum absolute atomic E-state index is 0.0354. The van der Waals surface area contributed by atoms with Gasteiger partial charge < -0.3 is 23.7 Å². The SMILES string of the molecule is COC(=O)C(C(C)=O)[C@@H]1O[C@H](COCc2ccccc2)[C@H](OCc2ccccc2)[C@H](OCc2ccccc2)[C@H]1[N+](=O)[O-]. The summed E-state index contributed by atoms with van der Waals surface area (Å²) in [5.74, 6) is -3.08. The lowest BCUT2D eigenvalue weighted by Crippen LogP contribution is -2.65. The molecule has 0 spiro atoms. The standard InChI is InChI=1S/C32H35NO9/c1-22(34)27(32(35)38-2)30-28(33(36)37)31(41-20-25-16-10-5-11-17-25)29(40-19-24-14-8-4-9-15-24)26(42-30)21-39-18-23-12-6-3-7-13-23/h3-17,26-31H,18-21H2,1-2H3/t26-,27?,28+,29+,30+,31-/m1/s1. The summed E-state index contributed by atoms with van der Waals surface area (Å²) in [4.78, 5) is 37.5. The Kier molecular flexibility index (Phi) is 11.3. The topological polar surface area (TPSA) is 123 Å². The highest BCUT2D eigenvalue weighted by atomic mass is 16.7. The van der Waals surface area contributed by atoms with Gasteiger partial charge in [0.05, 0.1) is 33.5 Å². The molecule has 3 aromatic carbocycles. The Bertz CT molecular complexity index is 1290. The van der Waals surface area contributed by atoms with Crippen molar-refractivity contribution in [3.8, 4) is 0 Å². The normalized spacial score (nSPS) is 22.7. The quantitative estimate of drug-likeness (QED) is 0.120. The molecule has 0 aliphatic carbocycles. The number of hydrogen-bond acceptors (Lipinski definition) is 9. The summed E-state index contributed by atoms with van der Waals surface area (Å²) >= 11 is 0. The number of methoxy groups -OCH3 is 1. The van der Waals surface area contributed by atoms with Crippen LogP contribution in [0.3, 0.4) is 0 Å². The van der Waals surface area contributed by atoms with Crippen LogP contribution in [0.2, 0.25) is 0 Å². The van der Waals surface area contributed by atoms with E-state index in [4.69, 9.17) is 23.7 Å². The highest BCUT2D eigenvalue weighted by Crippen LogP contribution is 2.34. The summed E-state index contributed by atoms with van der Waals surface area (Å²) in [6.45, 7) is 1.55. The van der Waals surface area contributed by atoms with E-state index in [1.165, 1.54) is 6.92 Å². The van der Waals surface area contributed by atoms with E-state index in [9.17, 15) is 19.7 Å². The van der Waals surface area contributed by atoms with Gasteiger partial charge in [0, 0.05) is 4.92 Å². The third-order valence-corrected chi connectivity index (χ3v) is 7.12. The van der Waals surface area contributed by atoms with Crippen molar-refractivity contribution in [1.29, 1.82) is 0 Å². The first-order valence-corrected chi connectivity index (χ1v) is 13.7. The summed E-state index contributed by atoms with van der Waals surface area (Å²) in [5.41, 5.74) is 2.56. The number of nitrogens with zero attached hydrogens (tertiary/aromatic N) is 1. The third kappa shape index (κ3) is 8.07. The third-order valence-electron chi connectivity index (χ3n) is 7.12. The van der Waals surface area contributed by atoms with E-state index in [-0.39, 0.29) is 26.4 Å². The van der Waals surface area contributed by atoms with E-state index in [0.29, 0.717) is 0 Å². The van der Waals surface area contributed by atoms with E-state index >= 15 is 0 Å². The van der Waals surface area contributed by atoms with Crippen molar-refractivity contribution in [1.82, 2.24) is 0 Å². The minimum Gasteiger partial charge on any atom is -0.468 e. The molecule has 1 unspecified atom stereocenters. The summed E-state index contributed by atoms with van der Waals surface area (Å²) in [7, 11) is 1.12. The molecule has 10 nitrogen and oxygen atoms in total. The molecule has 6 atom stereocenters. The van der Waals surface area contributed by atoms with Gasteiger partial charge in [-0.05, 0) is 23.6 Å². The van der Waals surface area contributed by atoms with E-state index < -0.39 is 53.1 Å². The van der Waals surface area contributed by atoms with Crippen molar-refractivity contribution in [3.63, 3.8) is 0 Å². The van der Waals surface area contributed by atoms with Crippen LogP contribution in [0.4, 0.5) is 0 Å². The molecule has 0 N–H and O–H groups in total. The van der Waals surface area contributed by atoms with E-state index in [1.807, 2.05) is 91.0 Å². The van der Waals surface area contributed by atoms with E-state index in [1.54, 1.807) is 0 Å². The Morgan fingerprint density at radius 3 is 1.74 bits per heavy atom. The average Bonchev–Trinajstić information content (AvgIpc) is 3.00. The summed E-state index contributed by atoms with van der Waals surface area (Å²) in [6.07, 6.45) is -4.56. The van der Waals surface area contributed by atoms with Gasteiger partial charge in [0.15, 0.2) is 6.10 Å². The molecule has 1 aliphatic heterocycles. The van der Waals surface area contributed by atoms with Gasteiger partial charge in [-0.25, -0.2) is 0 Å². The smallest absolute Gasteiger partial charge is 0.319 e. The number of ketones is 1. The first kappa shape index (κ1) is 31.0. The Morgan fingerprint density at radius 2 is 1.29 bits per heavy atom. The molecule has 4 rings (SSSR count). The van der Waals surface area contributed by atoms with Gasteiger partial charge >= 0.3 is 5.97 Å². The highest BCUT2D eigenvalue weighted by Gasteiger charge is 2.58.